The summed E-state index contributed by atoms with van der Waals surface area (Å²) in [6, 6.07) is -0.324. The van der Waals surface area contributed by atoms with Crippen molar-refractivity contribution in [3.8, 4) is 0 Å². The van der Waals surface area contributed by atoms with Gasteiger partial charge < -0.3 is 9.64 Å². The number of halogens is 2. The zero-order chi connectivity index (χ0) is 16.4. The molecule has 3 rings (SSSR count). The van der Waals surface area contributed by atoms with Crippen LogP contribution in [0.15, 0.2) is 18.7 Å². The molecule has 0 unspecified atom stereocenters. The van der Waals surface area contributed by atoms with Gasteiger partial charge in [-0.05, 0) is 6.92 Å². The van der Waals surface area contributed by atoms with Gasteiger partial charge in [-0.25, -0.2) is 18.7 Å². The number of hydrogen-bond donors (Lipinski definition) is 0. The van der Waals surface area contributed by atoms with Gasteiger partial charge in [-0.1, -0.05) is 0 Å². The van der Waals surface area contributed by atoms with Crippen molar-refractivity contribution in [2.75, 3.05) is 32.8 Å². The molecule has 2 aliphatic heterocycles. The lowest BCUT2D eigenvalue weighted by Gasteiger charge is -2.45. The Bertz CT molecular complexity index is 552. The second kappa shape index (κ2) is 6.45. The molecule has 2 aliphatic rings. The van der Waals surface area contributed by atoms with Crippen molar-refractivity contribution in [1.82, 2.24) is 19.8 Å². The molecule has 1 aromatic heterocycles. The van der Waals surface area contributed by atoms with E-state index in [-0.39, 0.29) is 31.0 Å². The van der Waals surface area contributed by atoms with Crippen molar-refractivity contribution in [3.05, 3.63) is 24.3 Å². The predicted octanol–water partition coefficient (Wildman–Crippen LogP) is 1.05. The maximum absolute atomic E-state index is 13.7. The fourth-order valence-electron chi connectivity index (χ4n) is 3.18. The van der Waals surface area contributed by atoms with Gasteiger partial charge in [0.05, 0.1) is 18.7 Å². The molecule has 2 saturated heterocycles. The minimum absolute atomic E-state index is 0.0394. The predicted molar refractivity (Wildman–Crippen MR) is 78.3 cm³/mol. The number of carbonyl (C=O) groups is 1. The summed E-state index contributed by atoms with van der Waals surface area (Å²) in [4.78, 5) is 23.3. The highest BCUT2D eigenvalue weighted by Gasteiger charge is 2.50. The van der Waals surface area contributed by atoms with Gasteiger partial charge in [0, 0.05) is 50.6 Å². The van der Waals surface area contributed by atoms with Crippen LogP contribution in [0.4, 0.5) is 8.78 Å². The van der Waals surface area contributed by atoms with Crippen LogP contribution in [0.3, 0.4) is 0 Å². The summed E-state index contributed by atoms with van der Waals surface area (Å²) in [5.41, 5.74) is 0.420. The summed E-state index contributed by atoms with van der Waals surface area (Å²) in [5, 5.41) is 0. The zero-order valence-corrected chi connectivity index (χ0v) is 13.0. The van der Waals surface area contributed by atoms with Crippen molar-refractivity contribution >= 4 is 5.91 Å². The smallest absolute Gasteiger partial charge is 0.262 e. The Balaban J connectivity index is 1.58. The molecule has 8 heteroatoms. The minimum atomic E-state index is -2.68. The highest BCUT2D eigenvalue weighted by molar-refractivity contribution is 5.94. The number of hydrogen-bond acceptors (Lipinski definition) is 5. The Hall–Kier alpha value is -1.67. The topological polar surface area (TPSA) is 58.6 Å². The van der Waals surface area contributed by atoms with Crippen molar-refractivity contribution in [1.29, 1.82) is 0 Å². The molecule has 0 saturated carbocycles. The van der Waals surface area contributed by atoms with E-state index in [1.165, 1.54) is 18.7 Å². The number of alkyl halides is 2. The normalized spacial score (nSPS) is 24.7. The Morgan fingerprint density at radius 3 is 2.74 bits per heavy atom. The molecular formula is C15H20F2N4O2. The van der Waals surface area contributed by atoms with E-state index >= 15 is 0 Å². The van der Waals surface area contributed by atoms with E-state index in [1.54, 1.807) is 9.80 Å². The third kappa shape index (κ3) is 3.48. The molecule has 126 valence electrons. The molecule has 3 heterocycles. The summed E-state index contributed by atoms with van der Waals surface area (Å²) < 4.78 is 32.8. The Morgan fingerprint density at radius 2 is 2.09 bits per heavy atom. The molecule has 1 atom stereocenters. The van der Waals surface area contributed by atoms with E-state index in [2.05, 4.69) is 9.97 Å². The van der Waals surface area contributed by atoms with Gasteiger partial charge in [-0.15, -0.1) is 0 Å². The monoisotopic (exact) mass is 326 g/mol. The summed E-state index contributed by atoms with van der Waals surface area (Å²) in [6.45, 7) is 3.32. The molecule has 0 aliphatic carbocycles. The number of carbonyl (C=O) groups excluding carboxylic acids is 1. The van der Waals surface area contributed by atoms with Gasteiger partial charge in [0.2, 0.25) is 0 Å². The molecule has 0 bridgehead atoms. The van der Waals surface area contributed by atoms with Crippen LogP contribution in [0.25, 0.3) is 0 Å². The molecule has 0 N–H and O–H groups in total. The lowest BCUT2D eigenvalue weighted by atomic mass is 10.0. The van der Waals surface area contributed by atoms with Gasteiger partial charge >= 0.3 is 0 Å². The number of rotatable bonds is 5. The fourth-order valence-corrected chi connectivity index (χ4v) is 3.18. The first-order chi connectivity index (χ1) is 11.0. The van der Waals surface area contributed by atoms with Crippen molar-refractivity contribution < 1.29 is 18.3 Å². The van der Waals surface area contributed by atoms with Crippen LogP contribution in [0, 0.1) is 0 Å². The van der Waals surface area contributed by atoms with Gasteiger partial charge in [0.25, 0.3) is 11.8 Å². The van der Waals surface area contributed by atoms with Crippen LogP contribution in [0.2, 0.25) is 0 Å². The van der Waals surface area contributed by atoms with E-state index in [9.17, 15) is 13.6 Å². The van der Waals surface area contributed by atoms with Gasteiger partial charge in [-0.3, -0.25) is 9.69 Å². The van der Waals surface area contributed by atoms with Crippen LogP contribution >= 0.6 is 0 Å². The molecular weight excluding hydrogens is 306 g/mol. The Kier molecular flexibility index (Phi) is 4.54. The summed E-state index contributed by atoms with van der Waals surface area (Å²) >= 11 is 0. The van der Waals surface area contributed by atoms with Crippen molar-refractivity contribution in [2.24, 2.45) is 0 Å². The van der Waals surface area contributed by atoms with E-state index < -0.39 is 5.92 Å². The maximum Gasteiger partial charge on any atom is 0.262 e. The Labute approximate surface area is 133 Å². The van der Waals surface area contributed by atoms with Crippen LogP contribution < -0.4 is 0 Å². The SMILES string of the molecule is CCOC[C@@H]1CC(F)(F)CN1C1CN(C(=O)c2cncnc2)C1. The second-order valence-corrected chi connectivity index (χ2v) is 6.04. The summed E-state index contributed by atoms with van der Waals surface area (Å²) in [6.07, 6.45) is 4.11. The molecule has 1 amide bonds. The minimum Gasteiger partial charge on any atom is -0.380 e. The first-order valence-electron chi connectivity index (χ1n) is 7.76. The zero-order valence-electron chi connectivity index (χ0n) is 13.0. The van der Waals surface area contributed by atoms with Crippen LogP contribution in [-0.2, 0) is 4.74 Å². The Morgan fingerprint density at radius 1 is 1.39 bits per heavy atom. The number of likely N-dealkylation sites (tertiary alicyclic amines) is 2. The van der Waals surface area contributed by atoms with E-state index in [1.807, 2.05) is 6.92 Å². The summed E-state index contributed by atoms with van der Waals surface area (Å²) in [7, 11) is 0. The van der Waals surface area contributed by atoms with Gasteiger partial charge in [0.1, 0.15) is 6.33 Å². The molecule has 0 spiro atoms. The molecule has 2 fully saturated rings. The third-order valence-electron chi connectivity index (χ3n) is 4.36. The maximum atomic E-state index is 13.7. The molecule has 1 aromatic rings. The van der Waals surface area contributed by atoms with Gasteiger partial charge in [0.15, 0.2) is 0 Å². The molecule has 0 aromatic carbocycles. The number of nitrogens with zero attached hydrogens (tertiary/aromatic N) is 4. The molecule has 6 nitrogen and oxygen atoms in total. The van der Waals surface area contributed by atoms with E-state index in [0.29, 0.717) is 31.9 Å². The quantitative estimate of drug-likeness (QED) is 0.809. The number of amides is 1. The lowest BCUT2D eigenvalue weighted by Crippen LogP contribution is -2.62. The standard InChI is InChI=1S/C15H20F2N4O2/c1-2-23-8-12-3-15(16,17)9-21(12)13-6-20(7-13)14(22)11-4-18-10-19-5-11/h4-5,10,12-13H,2-3,6-9H2,1H3/t12-/m0/s1. The largest absolute Gasteiger partial charge is 0.380 e. The van der Waals surface area contributed by atoms with E-state index in [4.69, 9.17) is 4.74 Å². The van der Waals surface area contributed by atoms with Crippen LogP contribution in [0.1, 0.15) is 23.7 Å². The number of aromatic nitrogens is 2. The average Bonchev–Trinajstić information content (AvgIpc) is 2.79. The average molecular weight is 326 g/mol. The summed E-state index contributed by atoms with van der Waals surface area (Å²) in [5.74, 6) is -2.84. The highest BCUT2D eigenvalue weighted by atomic mass is 19.3. The first-order valence-corrected chi connectivity index (χ1v) is 7.76. The highest BCUT2D eigenvalue weighted by Crippen LogP contribution is 2.35. The lowest BCUT2D eigenvalue weighted by molar-refractivity contribution is -0.0148. The molecule has 23 heavy (non-hydrogen) atoms. The number of ether oxygens (including phenoxy) is 1. The van der Waals surface area contributed by atoms with Crippen molar-refractivity contribution in [3.63, 3.8) is 0 Å². The van der Waals surface area contributed by atoms with Gasteiger partial charge in [-0.2, -0.15) is 0 Å². The van der Waals surface area contributed by atoms with Crippen LogP contribution in [-0.4, -0.2) is 76.5 Å². The fraction of sp³-hybridized carbons (Fsp3) is 0.667. The first kappa shape index (κ1) is 16.2. The second-order valence-electron chi connectivity index (χ2n) is 6.04. The van der Waals surface area contributed by atoms with Crippen molar-refractivity contribution in [2.45, 2.75) is 31.4 Å². The van der Waals surface area contributed by atoms with Crippen LogP contribution in [0.5, 0.6) is 0 Å². The third-order valence-corrected chi connectivity index (χ3v) is 4.36. The molecule has 0 radical (unpaired) electrons. The van der Waals surface area contributed by atoms with E-state index in [0.717, 1.165) is 0 Å².